The maximum Gasteiger partial charge on any atom is 0.391 e. The molecule has 0 spiro atoms. The zero-order valence-corrected chi connectivity index (χ0v) is 11.0. The molecule has 1 N–H and O–H groups in total. The number of rotatable bonds is 3. The Bertz CT molecular complexity index is 420. The molecule has 0 saturated heterocycles. The minimum atomic E-state index is -4.12. The average molecular weight is 276 g/mol. The summed E-state index contributed by atoms with van der Waals surface area (Å²) < 4.78 is 39.5. The van der Waals surface area contributed by atoms with Gasteiger partial charge >= 0.3 is 6.18 Å². The van der Waals surface area contributed by atoms with Crippen LogP contribution in [0.2, 0.25) is 0 Å². The van der Waals surface area contributed by atoms with Gasteiger partial charge in [-0.25, -0.2) is 4.98 Å². The Balaban J connectivity index is 1.87. The van der Waals surface area contributed by atoms with Crippen LogP contribution in [0.5, 0.6) is 0 Å². The fraction of sp³-hybridized carbons (Fsp3) is 0.769. The maximum absolute atomic E-state index is 12.6. The lowest BCUT2D eigenvalue weighted by atomic mass is 9.76. The van der Waals surface area contributed by atoms with Gasteiger partial charge in [-0.15, -0.1) is 0 Å². The van der Waals surface area contributed by atoms with E-state index in [1.54, 1.807) is 6.20 Å². The van der Waals surface area contributed by atoms with Gasteiger partial charge in [-0.3, -0.25) is 0 Å². The molecule has 0 aromatic carbocycles. The molecule has 2 rings (SSSR count). The van der Waals surface area contributed by atoms with Gasteiger partial charge < -0.3 is 9.67 Å². The summed E-state index contributed by atoms with van der Waals surface area (Å²) >= 11 is 0. The third kappa shape index (κ3) is 3.49. The number of imidazole rings is 1. The van der Waals surface area contributed by atoms with Crippen molar-refractivity contribution in [3.05, 3.63) is 18.2 Å². The van der Waals surface area contributed by atoms with Gasteiger partial charge in [-0.2, -0.15) is 13.2 Å². The Morgan fingerprint density at radius 3 is 2.53 bits per heavy atom. The Kier molecular flexibility index (Phi) is 3.90. The lowest BCUT2D eigenvalue weighted by molar-refractivity contribution is -0.192. The number of aryl methyl sites for hydroxylation is 2. The van der Waals surface area contributed by atoms with E-state index in [4.69, 9.17) is 0 Å². The van der Waals surface area contributed by atoms with Crippen molar-refractivity contribution in [2.45, 2.75) is 50.3 Å². The van der Waals surface area contributed by atoms with Crippen LogP contribution in [0.3, 0.4) is 0 Å². The van der Waals surface area contributed by atoms with E-state index in [9.17, 15) is 18.3 Å². The fourth-order valence-electron chi connectivity index (χ4n) is 2.71. The molecule has 0 amide bonds. The number of halogens is 3. The third-order valence-corrected chi connectivity index (χ3v) is 4.11. The predicted molar refractivity (Wildman–Crippen MR) is 64.5 cm³/mol. The first-order valence-corrected chi connectivity index (χ1v) is 6.55. The maximum atomic E-state index is 12.6. The van der Waals surface area contributed by atoms with Crippen LogP contribution in [0.15, 0.2) is 12.4 Å². The topological polar surface area (TPSA) is 38.0 Å². The summed E-state index contributed by atoms with van der Waals surface area (Å²) in [5.41, 5.74) is -0.965. The highest BCUT2D eigenvalue weighted by atomic mass is 19.4. The van der Waals surface area contributed by atoms with Crippen LogP contribution >= 0.6 is 0 Å². The zero-order valence-electron chi connectivity index (χ0n) is 11.0. The highest BCUT2D eigenvalue weighted by Gasteiger charge is 2.44. The molecule has 0 bridgehead atoms. The van der Waals surface area contributed by atoms with Crippen LogP contribution in [0.4, 0.5) is 13.2 Å². The van der Waals surface area contributed by atoms with Crippen molar-refractivity contribution >= 4 is 0 Å². The predicted octanol–water partition coefficient (Wildman–Crippen LogP) is 2.84. The van der Waals surface area contributed by atoms with E-state index in [1.165, 1.54) is 0 Å². The summed E-state index contributed by atoms with van der Waals surface area (Å²) in [6.07, 6.45) is 0.949. The molecule has 1 aliphatic carbocycles. The molecule has 108 valence electrons. The van der Waals surface area contributed by atoms with Crippen LogP contribution in [0.25, 0.3) is 0 Å². The summed E-state index contributed by atoms with van der Waals surface area (Å²) in [5, 5.41) is 10.3. The quantitative estimate of drug-likeness (QED) is 0.922. The molecule has 1 aliphatic rings. The standard InChI is InChI=1S/C13H19F3N2O/c1-18-9-8-17-11(18)4-7-12(19)5-2-10(3-6-12)13(14,15)16/h8-10,19H,2-7H2,1H3. The van der Waals surface area contributed by atoms with Crippen molar-refractivity contribution in [2.75, 3.05) is 0 Å². The van der Waals surface area contributed by atoms with Crippen LogP contribution in [-0.4, -0.2) is 26.4 Å². The Hall–Kier alpha value is -1.04. The number of alkyl halides is 3. The van der Waals surface area contributed by atoms with Crippen molar-refractivity contribution in [3.63, 3.8) is 0 Å². The molecule has 1 heterocycles. The van der Waals surface area contributed by atoms with Gasteiger partial charge in [0.15, 0.2) is 0 Å². The van der Waals surface area contributed by atoms with Crippen molar-refractivity contribution < 1.29 is 18.3 Å². The third-order valence-electron chi connectivity index (χ3n) is 4.11. The summed E-state index contributed by atoms with van der Waals surface area (Å²) in [5.74, 6) is -0.396. The van der Waals surface area contributed by atoms with Crippen molar-refractivity contribution in [1.29, 1.82) is 0 Å². The molecule has 1 aromatic heterocycles. The minimum absolute atomic E-state index is 0.0283. The van der Waals surface area contributed by atoms with Gasteiger partial charge in [0.25, 0.3) is 0 Å². The van der Waals surface area contributed by atoms with E-state index >= 15 is 0 Å². The normalized spacial score (nSPS) is 28.6. The molecule has 6 heteroatoms. The van der Waals surface area contributed by atoms with Crippen molar-refractivity contribution in [2.24, 2.45) is 13.0 Å². The Morgan fingerprint density at radius 2 is 2.05 bits per heavy atom. The van der Waals surface area contributed by atoms with Crippen LogP contribution in [-0.2, 0) is 13.5 Å². The molecule has 3 nitrogen and oxygen atoms in total. The number of aromatic nitrogens is 2. The second-order valence-corrected chi connectivity index (χ2v) is 5.49. The first kappa shape index (κ1) is 14.4. The second-order valence-electron chi connectivity index (χ2n) is 5.49. The average Bonchev–Trinajstić information content (AvgIpc) is 2.72. The van der Waals surface area contributed by atoms with E-state index in [0.29, 0.717) is 12.8 Å². The largest absolute Gasteiger partial charge is 0.391 e. The van der Waals surface area contributed by atoms with E-state index in [0.717, 1.165) is 5.82 Å². The van der Waals surface area contributed by atoms with Gasteiger partial charge in [0, 0.05) is 25.9 Å². The molecule has 19 heavy (non-hydrogen) atoms. The molecule has 0 atom stereocenters. The zero-order chi connectivity index (χ0) is 14.1. The molecular weight excluding hydrogens is 257 g/mol. The smallest absolute Gasteiger partial charge is 0.390 e. The van der Waals surface area contributed by atoms with E-state index in [2.05, 4.69) is 4.98 Å². The highest BCUT2D eigenvalue weighted by molar-refractivity contribution is 4.95. The lowest BCUT2D eigenvalue weighted by Gasteiger charge is -2.36. The number of nitrogens with zero attached hydrogens (tertiary/aromatic N) is 2. The SMILES string of the molecule is Cn1ccnc1CCC1(O)CCC(C(F)(F)F)CC1. The number of hydrogen-bond donors (Lipinski definition) is 1. The number of aliphatic hydroxyl groups is 1. The van der Waals surface area contributed by atoms with Crippen LogP contribution in [0, 0.1) is 5.92 Å². The summed E-state index contributed by atoms with van der Waals surface area (Å²) in [6.45, 7) is 0. The first-order chi connectivity index (χ1) is 8.80. The molecule has 1 saturated carbocycles. The van der Waals surface area contributed by atoms with E-state index in [1.807, 2.05) is 17.8 Å². The molecule has 0 unspecified atom stereocenters. The summed E-state index contributed by atoms with van der Waals surface area (Å²) in [6, 6.07) is 0. The Morgan fingerprint density at radius 1 is 1.42 bits per heavy atom. The summed E-state index contributed by atoms with van der Waals surface area (Å²) in [7, 11) is 1.87. The van der Waals surface area contributed by atoms with E-state index in [-0.39, 0.29) is 25.7 Å². The number of hydrogen-bond acceptors (Lipinski definition) is 2. The van der Waals surface area contributed by atoms with Gasteiger partial charge in [0.2, 0.25) is 0 Å². The second kappa shape index (κ2) is 5.15. The molecule has 1 fully saturated rings. The molecule has 0 radical (unpaired) electrons. The lowest BCUT2D eigenvalue weighted by Crippen LogP contribution is -2.38. The monoisotopic (exact) mass is 276 g/mol. The summed E-state index contributed by atoms with van der Waals surface area (Å²) in [4.78, 5) is 4.16. The van der Waals surface area contributed by atoms with Gasteiger partial charge in [0.05, 0.1) is 11.5 Å². The van der Waals surface area contributed by atoms with E-state index < -0.39 is 17.7 Å². The van der Waals surface area contributed by atoms with Crippen molar-refractivity contribution in [3.8, 4) is 0 Å². The molecule has 0 aliphatic heterocycles. The molecule has 1 aromatic rings. The van der Waals surface area contributed by atoms with Gasteiger partial charge in [-0.05, 0) is 32.1 Å². The van der Waals surface area contributed by atoms with Crippen LogP contribution in [0.1, 0.15) is 37.9 Å². The van der Waals surface area contributed by atoms with Gasteiger partial charge in [-0.1, -0.05) is 0 Å². The minimum Gasteiger partial charge on any atom is -0.390 e. The van der Waals surface area contributed by atoms with Gasteiger partial charge in [0.1, 0.15) is 5.82 Å². The fourth-order valence-corrected chi connectivity index (χ4v) is 2.71. The first-order valence-electron chi connectivity index (χ1n) is 6.55. The Labute approximate surface area is 110 Å². The van der Waals surface area contributed by atoms with Crippen molar-refractivity contribution in [1.82, 2.24) is 9.55 Å². The van der Waals surface area contributed by atoms with Crippen LogP contribution < -0.4 is 0 Å². The molecular formula is C13H19F3N2O. The highest BCUT2D eigenvalue weighted by Crippen LogP contribution is 2.42.